The number of epoxide rings is 2. The molecule has 5 aliphatic carbocycles. The summed E-state index contributed by atoms with van der Waals surface area (Å²) in [7, 11) is 0. The number of aliphatic hydroxyl groups excluding tert-OH is 3. The second kappa shape index (κ2) is 7.60. The van der Waals surface area contributed by atoms with Crippen molar-refractivity contribution in [1.82, 2.24) is 0 Å². The highest BCUT2D eigenvalue weighted by Crippen LogP contribution is 2.78. The van der Waals surface area contributed by atoms with Gasteiger partial charge in [-0.05, 0) is 69.6 Å². The Bertz CT molecular complexity index is 1270. The van der Waals surface area contributed by atoms with E-state index in [0.717, 1.165) is 0 Å². The average molecular weight is 577 g/mol. The molecule has 3 aliphatic heterocycles. The summed E-state index contributed by atoms with van der Waals surface area (Å²) in [5, 5.41) is 58.4. The van der Waals surface area contributed by atoms with E-state index in [0.29, 0.717) is 12.8 Å². The van der Waals surface area contributed by atoms with Crippen molar-refractivity contribution in [2.24, 2.45) is 51.8 Å². The van der Waals surface area contributed by atoms with Gasteiger partial charge in [0.2, 0.25) is 0 Å². The lowest BCUT2D eigenvalue weighted by Crippen LogP contribution is -2.76. The minimum atomic E-state index is -1.85. The number of esters is 1. The summed E-state index contributed by atoms with van der Waals surface area (Å²) in [6.45, 7) is 5.74. The first-order valence-corrected chi connectivity index (χ1v) is 15.1. The number of ether oxygens (including phenoxy) is 3. The van der Waals surface area contributed by atoms with Crippen LogP contribution in [0.4, 0.5) is 0 Å². The lowest BCUT2D eigenvalue weighted by atomic mass is 9.39. The fraction of sp³-hybridized carbons (Fsp3) is 0.900. The molecule has 5 N–H and O–H groups in total. The maximum atomic E-state index is 14.0. The highest BCUT2D eigenvalue weighted by atomic mass is 16.6. The molecule has 3 heterocycles. The topological polar surface area (TPSA) is 187 Å². The van der Waals surface area contributed by atoms with Gasteiger partial charge < -0.3 is 39.7 Å². The number of hydrogen-bond donors (Lipinski definition) is 5. The first kappa shape index (κ1) is 27.1. The SMILES string of the molecule is CC(=O)[C@@]12[C@H]3[C@H](CO)[C@H]4C[C@@](C)([C@@H]3C[C@H]1[C@@H]1[C@@H]3O[C@@H]3[C@@]3(O)C[C@@H]5O[C@@H]5[C@H](O)[C@]3(C(C)=O)[C@H]1C[C@@H]2O)[C@@](C)(O)C(=O)O4. The lowest BCUT2D eigenvalue weighted by Gasteiger charge is -2.64. The molecule has 8 aliphatic rings. The largest absolute Gasteiger partial charge is 0.460 e. The fourth-order valence-electron chi connectivity index (χ4n) is 12.4. The Morgan fingerprint density at radius 2 is 1.63 bits per heavy atom. The van der Waals surface area contributed by atoms with Crippen LogP contribution in [0.2, 0.25) is 0 Å². The van der Waals surface area contributed by atoms with Gasteiger partial charge in [-0.15, -0.1) is 0 Å². The second-order valence-electron chi connectivity index (χ2n) is 15.0. The van der Waals surface area contributed by atoms with Gasteiger partial charge in [0.05, 0.1) is 35.2 Å². The maximum absolute atomic E-state index is 14.0. The third-order valence-corrected chi connectivity index (χ3v) is 14.2. The summed E-state index contributed by atoms with van der Waals surface area (Å²) in [5.41, 5.74) is -7.54. The molecule has 0 aromatic rings. The van der Waals surface area contributed by atoms with Gasteiger partial charge in [-0.25, -0.2) is 4.79 Å². The molecule has 11 heteroatoms. The van der Waals surface area contributed by atoms with E-state index in [2.05, 4.69) is 0 Å². The van der Waals surface area contributed by atoms with Crippen molar-refractivity contribution in [3.8, 4) is 0 Å². The van der Waals surface area contributed by atoms with E-state index in [9.17, 15) is 39.9 Å². The van der Waals surface area contributed by atoms with Gasteiger partial charge in [0.15, 0.2) is 5.60 Å². The molecule has 5 saturated carbocycles. The standard InChI is InChI=1S/C30H40O11/c1-10(32)29-13(5-15-20(29)12(9-31)16-7-26(15,3)27(4,37)25(36)40-16)19-14(6-18(29)34)30(11(2)33)23(35)21-17(39-21)8-28(30,38)24-22(19)41-24/h12-24,31,34-35,37-38H,5-9H2,1-4H3/t12-,13+,14+,15-,16-,17+,18+,19+,20+,21+,22+,23+,24+,26+,27+,28+,29-,30+/m1/s1. The highest BCUT2D eigenvalue weighted by Gasteiger charge is 2.87. The number of carbonyl (C=O) groups excluding carboxylic acids is 3. The summed E-state index contributed by atoms with van der Waals surface area (Å²) in [6.07, 6.45) is -4.69. The third kappa shape index (κ3) is 2.60. The van der Waals surface area contributed by atoms with Gasteiger partial charge >= 0.3 is 5.97 Å². The summed E-state index contributed by atoms with van der Waals surface area (Å²) < 4.78 is 17.6. The zero-order chi connectivity index (χ0) is 29.4. The predicted molar refractivity (Wildman–Crippen MR) is 136 cm³/mol. The Morgan fingerprint density at radius 1 is 0.927 bits per heavy atom. The van der Waals surface area contributed by atoms with E-state index in [4.69, 9.17) is 14.2 Å². The molecule has 0 unspecified atom stereocenters. The monoisotopic (exact) mass is 576 g/mol. The molecule has 3 saturated heterocycles. The third-order valence-electron chi connectivity index (χ3n) is 14.2. The second-order valence-corrected chi connectivity index (χ2v) is 15.0. The van der Waals surface area contributed by atoms with Crippen LogP contribution in [0.1, 0.15) is 53.4 Å². The Hall–Kier alpha value is -1.47. The first-order chi connectivity index (χ1) is 19.1. The van der Waals surface area contributed by atoms with Gasteiger partial charge in [0.25, 0.3) is 0 Å². The highest BCUT2D eigenvalue weighted by molar-refractivity contribution is 5.88. The molecule has 0 spiro atoms. The number of ketones is 2. The van der Waals surface area contributed by atoms with Crippen molar-refractivity contribution in [3.63, 3.8) is 0 Å². The van der Waals surface area contributed by atoms with E-state index >= 15 is 0 Å². The van der Waals surface area contributed by atoms with Crippen LogP contribution in [0.5, 0.6) is 0 Å². The number of carbonyl (C=O) groups is 3. The number of fused-ring (bicyclic) bond motifs is 14. The van der Waals surface area contributed by atoms with Crippen LogP contribution in [-0.4, -0.2) is 104 Å². The van der Waals surface area contributed by atoms with E-state index in [1.165, 1.54) is 20.8 Å². The van der Waals surface area contributed by atoms with Crippen LogP contribution >= 0.6 is 0 Å². The van der Waals surface area contributed by atoms with E-state index in [1.54, 1.807) is 0 Å². The number of Topliss-reactive ketones (excluding diaryl/α,β-unsaturated/α-hetero) is 2. The van der Waals surface area contributed by atoms with Gasteiger partial charge in [0.1, 0.15) is 35.5 Å². The van der Waals surface area contributed by atoms with Crippen LogP contribution in [0.15, 0.2) is 0 Å². The molecule has 0 radical (unpaired) electrons. The van der Waals surface area contributed by atoms with Crippen LogP contribution in [-0.2, 0) is 28.6 Å². The fourth-order valence-corrected chi connectivity index (χ4v) is 12.4. The summed E-state index contributed by atoms with van der Waals surface area (Å²) in [6, 6.07) is 0. The van der Waals surface area contributed by atoms with E-state index in [1.807, 2.05) is 6.92 Å². The molecule has 41 heavy (non-hydrogen) atoms. The van der Waals surface area contributed by atoms with E-state index in [-0.39, 0.29) is 37.1 Å². The van der Waals surface area contributed by atoms with Crippen LogP contribution in [0, 0.1) is 51.8 Å². The molecule has 0 aromatic heterocycles. The van der Waals surface area contributed by atoms with Gasteiger partial charge in [0, 0.05) is 24.4 Å². The molecular formula is C30H40O11. The molecule has 0 aromatic carbocycles. The Kier molecular flexibility index (Phi) is 5.02. The molecule has 226 valence electrons. The average Bonchev–Trinajstić information content (AvgIpc) is 3.79. The predicted octanol–water partition coefficient (Wildman–Crippen LogP) is -0.874. The maximum Gasteiger partial charge on any atom is 0.338 e. The Balaban J connectivity index is 1.32. The molecule has 0 amide bonds. The van der Waals surface area contributed by atoms with Crippen molar-refractivity contribution in [1.29, 1.82) is 0 Å². The van der Waals surface area contributed by atoms with Crippen molar-refractivity contribution in [2.45, 2.75) is 107 Å². The summed E-state index contributed by atoms with van der Waals surface area (Å²) in [5.74, 6) is -4.76. The Morgan fingerprint density at radius 3 is 2.27 bits per heavy atom. The number of hydrogen-bond acceptors (Lipinski definition) is 11. The quantitative estimate of drug-likeness (QED) is 0.208. The van der Waals surface area contributed by atoms with Gasteiger partial charge in [-0.3, -0.25) is 9.59 Å². The minimum absolute atomic E-state index is 0.0252. The first-order valence-electron chi connectivity index (χ1n) is 15.1. The zero-order valence-corrected chi connectivity index (χ0v) is 23.7. The number of aliphatic hydroxyl groups is 5. The van der Waals surface area contributed by atoms with Crippen LogP contribution < -0.4 is 0 Å². The normalized spacial score (nSPS) is 64.4. The smallest absolute Gasteiger partial charge is 0.338 e. The molecule has 8 rings (SSSR count). The van der Waals surface area contributed by atoms with Gasteiger partial charge in [-0.2, -0.15) is 0 Å². The summed E-state index contributed by atoms with van der Waals surface area (Å²) in [4.78, 5) is 40.8. The van der Waals surface area contributed by atoms with Gasteiger partial charge in [-0.1, -0.05) is 6.92 Å². The Labute approximate surface area is 237 Å². The molecule has 8 fully saturated rings. The molecular weight excluding hydrogens is 536 g/mol. The van der Waals surface area contributed by atoms with Crippen molar-refractivity contribution in [2.75, 3.05) is 6.61 Å². The van der Waals surface area contributed by atoms with Crippen molar-refractivity contribution >= 4 is 17.5 Å². The number of rotatable bonds is 3. The van der Waals surface area contributed by atoms with Crippen molar-refractivity contribution < 1.29 is 54.1 Å². The molecule has 18 atom stereocenters. The van der Waals surface area contributed by atoms with E-state index < -0.39 is 106 Å². The summed E-state index contributed by atoms with van der Waals surface area (Å²) >= 11 is 0. The van der Waals surface area contributed by atoms with Crippen LogP contribution in [0.25, 0.3) is 0 Å². The van der Waals surface area contributed by atoms with Crippen LogP contribution in [0.3, 0.4) is 0 Å². The zero-order valence-electron chi connectivity index (χ0n) is 23.7. The lowest BCUT2D eigenvalue weighted by molar-refractivity contribution is -0.257. The molecule has 2 bridgehead atoms. The van der Waals surface area contributed by atoms with Crippen molar-refractivity contribution in [3.05, 3.63) is 0 Å². The molecule has 11 nitrogen and oxygen atoms in total. The minimum Gasteiger partial charge on any atom is -0.460 e.